The standard InChI is InChI=1S/C23H38BNO6/c1-8-10-14-28-19-17(12-13-24-30-22(3,4)23(5,6)31-24)16-25-20(27-7)18(19)21(26)29-15-11-9-2/h16H,8-15H2,1-7H3. The smallest absolute Gasteiger partial charge is 0.458 e. The zero-order valence-corrected chi connectivity index (χ0v) is 20.2. The molecule has 2 heterocycles. The Morgan fingerprint density at radius 2 is 1.68 bits per heavy atom. The summed E-state index contributed by atoms with van der Waals surface area (Å²) in [5.74, 6) is 0.229. The van der Waals surface area contributed by atoms with Crippen LogP contribution >= 0.6 is 0 Å². The number of aromatic nitrogens is 1. The zero-order chi connectivity index (χ0) is 23.1. The molecule has 0 amide bonds. The molecule has 1 aromatic heterocycles. The summed E-state index contributed by atoms with van der Waals surface area (Å²) in [6, 6.07) is 0. The minimum atomic E-state index is -0.471. The van der Waals surface area contributed by atoms with Crippen LogP contribution in [0.25, 0.3) is 0 Å². The Morgan fingerprint density at radius 3 is 2.26 bits per heavy atom. The number of carbonyl (C=O) groups is 1. The summed E-state index contributed by atoms with van der Waals surface area (Å²) in [5, 5.41) is 0. The van der Waals surface area contributed by atoms with Crippen molar-refractivity contribution >= 4 is 13.1 Å². The lowest BCUT2D eigenvalue weighted by Crippen LogP contribution is -2.41. The third kappa shape index (κ3) is 6.36. The van der Waals surface area contributed by atoms with Crippen molar-refractivity contribution in [3.63, 3.8) is 0 Å². The number of esters is 1. The molecular weight excluding hydrogens is 397 g/mol. The average molecular weight is 435 g/mol. The summed E-state index contributed by atoms with van der Waals surface area (Å²) in [6.45, 7) is 13.1. The second-order valence-electron chi connectivity index (χ2n) is 8.91. The van der Waals surface area contributed by atoms with Gasteiger partial charge in [-0.2, -0.15) is 0 Å². The first-order valence-electron chi connectivity index (χ1n) is 11.4. The van der Waals surface area contributed by atoms with E-state index in [1.807, 2.05) is 34.6 Å². The molecule has 0 atom stereocenters. The molecular formula is C23H38BNO6. The van der Waals surface area contributed by atoms with Gasteiger partial charge in [-0.3, -0.25) is 0 Å². The largest absolute Gasteiger partial charge is 0.492 e. The van der Waals surface area contributed by atoms with E-state index < -0.39 is 5.97 Å². The van der Waals surface area contributed by atoms with E-state index in [2.05, 4.69) is 11.9 Å². The fourth-order valence-corrected chi connectivity index (χ4v) is 3.25. The number of ether oxygens (including phenoxy) is 3. The van der Waals surface area contributed by atoms with Crippen LogP contribution in [0.3, 0.4) is 0 Å². The minimum Gasteiger partial charge on any atom is -0.492 e. The molecule has 1 aliphatic heterocycles. The van der Waals surface area contributed by atoms with E-state index in [0.29, 0.717) is 31.7 Å². The predicted octanol–water partition coefficient (Wildman–Crippen LogP) is 4.86. The third-order valence-corrected chi connectivity index (χ3v) is 5.89. The summed E-state index contributed by atoms with van der Waals surface area (Å²) < 4.78 is 29.1. The maximum atomic E-state index is 12.9. The van der Waals surface area contributed by atoms with Crippen molar-refractivity contribution < 1.29 is 28.3 Å². The van der Waals surface area contributed by atoms with Gasteiger partial charge in [-0.05, 0) is 53.3 Å². The molecule has 174 valence electrons. The van der Waals surface area contributed by atoms with E-state index in [1.54, 1.807) is 6.20 Å². The molecule has 0 saturated carbocycles. The summed E-state index contributed by atoms with van der Waals surface area (Å²) in [7, 11) is 1.15. The van der Waals surface area contributed by atoms with Crippen LogP contribution in [-0.4, -0.2) is 49.6 Å². The Hall–Kier alpha value is -1.80. The van der Waals surface area contributed by atoms with Crippen LogP contribution in [0, 0.1) is 0 Å². The lowest BCUT2D eigenvalue weighted by Gasteiger charge is -2.32. The highest BCUT2D eigenvalue weighted by atomic mass is 16.7. The molecule has 31 heavy (non-hydrogen) atoms. The molecule has 7 nitrogen and oxygen atoms in total. The number of methoxy groups -OCH3 is 1. The number of rotatable bonds is 12. The van der Waals surface area contributed by atoms with Crippen LogP contribution < -0.4 is 9.47 Å². The second kappa shape index (κ2) is 11.2. The van der Waals surface area contributed by atoms with Crippen molar-refractivity contribution in [2.24, 2.45) is 0 Å². The van der Waals surface area contributed by atoms with Gasteiger partial charge in [-0.15, -0.1) is 0 Å². The zero-order valence-electron chi connectivity index (χ0n) is 20.2. The first kappa shape index (κ1) is 25.5. The van der Waals surface area contributed by atoms with Gasteiger partial charge in [0.2, 0.25) is 5.88 Å². The predicted molar refractivity (Wildman–Crippen MR) is 121 cm³/mol. The molecule has 0 bridgehead atoms. The molecule has 1 aliphatic rings. The van der Waals surface area contributed by atoms with Crippen LogP contribution in [0.1, 0.15) is 83.1 Å². The molecule has 0 aromatic carbocycles. The molecule has 0 unspecified atom stereocenters. The average Bonchev–Trinajstić information content (AvgIpc) is 2.93. The molecule has 0 N–H and O–H groups in total. The number of carbonyl (C=O) groups excluding carboxylic acids is 1. The Labute approximate surface area is 187 Å². The van der Waals surface area contributed by atoms with Crippen LogP contribution in [-0.2, 0) is 20.5 Å². The summed E-state index contributed by atoms with van der Waals surface area (Å²) >= 11 is 0. The maximum absolute atomic E-state index is 12.9. The molecule has 1 fully saturated rings. The SMILES string of the molecule is CCCCOC(=O)c1c(OC)ncc(CCB2OC(C)(C)C(C)(C)O2)c1OCCCC. The fourth-order valence-electron chi connectivity index (χ4n) is 3.25. The summed E-state index contributed by atoms with van der Waals surface area (Å²) in [4.78, 5) is 17.2. The first-order chi connectivity index (χ1) is 14.7. The van der Waals surface area contributed by atoms with Crippen LogP contribution in [0.15, 0.2) is 6.20 Å². The molecule has 1 aromatic rings. The Balaban J connectivity index is 2.26. The van der Waals surface area contributed by atoms with Crippen molar-refractivity contribution in [2.45, 2.75) is 91.2 Å². The van der Waals surface area contributed by atoms with Gasteiger partial charge in [0.1, 0.15) is 5.75 Å². The van der Waals surface area contributed by atoms with Crippen LogP contribution in [0.2, 0.25) is 6.32 Å². The Kier molecular flexibility index (Phi) is 9.19. The lowest BCUT2D eigenvalue weighted by molar-refractivity contribution is 0.00578. The van der Waals surface area contributed by atoms with E-state index in [0.717, 1.165) is 31.2 Å². The van der Waals surface area contributed by atoms with Crippen molar-refractivity contribution in [1.29, 1.82) is 0 Å². The van der Waals surface area contributed by atoms with Gasteiger partial charge in [0.15, 0.2) is 5.56 Å². The van der Waals surface area contributed by atoms with Gasteiger partial charge in [-0.1, -0.05) is 26.7 Å². The topological polar surface area (TPSA) is 76.1 Å². The van der Waals surface area contributed by atoms with Crippen molar-refractivity contribution in [2.75, 3.05) is 20.3 Å². The van der Waals surface area contributed by atoms with Gasteiger partial charge >= 0.3 is 13.1 Å². The van der Waals surface area contributed by atoms with Gasteiger partial charge in [0.05, 0.1) is 31.5 Å². The van der Waals surface area contributed by atoms with E-state index in [1.165, 1.54) is 7.11 Å². The molecule has 0 radical (unpaired) electrons. The molecule has 1 saturated heterocycles. The van der Waals surface area contributed by atoms with Gasteiger partial charge in [-0.25, -0.2) is 9.78 Å². The Morgan fingerprint density at radius 1 is 1.06 bits per heavy atom. The first-order valence-corrected chi connectivity index (χ1v) is 11.4. The highest BCUT2D eigenvalue weighted by Crippen LogP contribution is 2.39. The molecule has 2 rings (SSSR count). The second-order valence-corrected chi connectivity index (χ2v) is 8.91. The molecule has 0 spiro atoms. The molecule has 8 heteroatoms. The van der Waals surface area contributed by atoms with Crippen molar-refractivity contribution in [3.05, 3.63) is 17.3 Å². The number of unbranched alkanes of at least 4 members (excludes halogenated alkanes) is 2. The maximum Gasteiger partial charge on any atom is 0.458 e. The number of aryl methyl sites for hydroxylation is 1. The highest BCUT2D eigenvalue weighted by Gasteiger charge is 2.50. The number of hydrogen-bond acceptors (Lipinski definition) is 7. The number of hydrogen-bond donors (Lipinski definition) is 0. The fraction of sp³-hybridized carbons (Fsp3) is 0.739. The normalized spacial score (nSPS) is 16.9. The third-order valence-electron chi connectivity index (χ3n) is 5.89. The van der Waals surface area contributed by atoms with E-state index in [9.17, 15) is 4.79 Å². The minimum absolute atomic E-state index is 0.215. The van der Waals surface area contributed by atoms with Crippen molar-refractivity contribution in [1.82, 2.24) is 4.98 Å². The summed E-state index contributed by atoms with van der Waals surface area (Å²) in [5.41, 5.74) is 0.296. The Bertz CT molecular complexity index is 721. The van der Waals surface area contributed by atoms with E-state index in [-0.39, 0.29) is 29.8 Å². The van der Waals surface area contributed by atoms with Crippen LogP contribution in [0.5, 0.6) is 11.6 Å². The van der Waals surface area contributed by atoms with Crippen molar-refractivity contribution in [3.8, 4) is 11.6 Å². The lowest BCUT2D eigenvalue weighted by atomic mass is 9.81. The monoisotopic (exact) mass is 435 g/mol. The van der Waals surface area contributed by atoms with E-state index >= 15 is 0 Å². The van der Waals surface area contributed by atoms with Crippen LogP contribution in [0.4, 0.5) is 0 Å². The van der Waals surface area contributed by atoms with Gasteiger partial charge in [0.25, 0.3) is 0 Å². The van der Waals surface area contributed by atoms with Gasteiger partial charge < -0.3 is 23.5 Å². The molecule has 0 aliphatic carbocycles. The van der Waals surface area contributed by atoms with E-state index in [4.69, 9.17) is 23.5 Å². The highest BCUT2D eigenvalue weighted by molar-refractivity contribution is 6.45. The number of pyridine rings is 1. The quantitative estimate of drug-likeness (QED) is 0.264. The summed E-state index contributed by atoms with van der Waals surface area (Å²) in [6.07, 6.45) is 6.52. The van der Waals surface area contributed by atoms with Gasteiger partial charge in [0, 0.05) is 11.8 Å². The number of nitrogens with zero attached hydrogens (tertiary/aromatic N) is 1.